The van der Waals surface area contributed by atoms with Crippen LogP contribution < -0.4 is 4.80 Å². The number of benzene rings is 2. The molecule has 8 heteroatoms. The number of fused-ring (bicyclic) bond motifs is 1. The Labute approximate surface area is 180 Å². The SMILES string of the molecule is COCCn1c(=NC(=O)CCCS(=O)(=O)Cc2ccccc2)sc2cc(C)ccc21. The van der Waals surface area contributed by atoms with Gasteiger partial charge in [0.2, 0.25) is 5.91 Å². The lowest BCUT2D eigenvalue weighted by Gasteiger charge is -2.05. The molecule has 0 aliphatic carbocycles. The molecule has 6 nitrogen and oxygen atoms in total. The van der Waals surface area contributed by atoms with Gasteiger partial charge in [0.15, 0.2) is 14.6 Å². The zero-order valence-corrected chi connectivity index (χ0v) is 18.8. The molecule has 0 bridgehead atoms. The summed E-state index contributed by atoms with van der Waals surface area (Å²) in [6.45, 7) is 3.13. The Morgan fingerprint density at radius 1 is 1.17 bits per heavy atom. The van der Waals surface area contributed by atoms with E-state index in [9.17, 15) is 13.2 Å². The number of thiazole rings is 1. The van der Waals surface area contributed by atoms with Crippen LogP contribution in [-0.2, 0) is 31.7 Å². The van der Waals surface area contributed by atoms with Crippen LogP contribution in [0, 0.1) is 6.92 Å². The van der Waals surface area contributed by atoms with Gasteiger partial charge in [-0.15, -0.1) is 0 Å². The Morgan fingerprint density at radius 3 is 2.67 bits per heavy atom. The predicted octanol–water partition coefficient (Wildman–Crippen LogP) is 3.48. The Balaban J connectivity index is 1.69. The second-order valence-electron chi connectivity index (χ2n) is 7.19. The molecule has 0 saturated carbocycles. The first-order valence-electron chi connectivity index (χ1n) is 9.79. The van der Waals surface area contributed by atoms with Gasteiger partial charge in [-0.3, -0.25) is 4.79 Å². The molecule has 2 aromatic carbocycles. The Bertz CT molecular complexity index is 1180. The van der Waals surface area contributed by atoms with Gasteiger partial charge in [-0.2, -0.15) is 4.99 Å². The number of methoxy groups -OCH3 is 1. The molecule has 0 unspecified atom stereocenters. The number of hydrogen-bond acceptors (Lipinski definition) is 5. The maximum atomic E-state index is 12.4. The molecule has 0 aliphatic rings. The number of carbonyl (C=O) groups is 1. The minimum absolute atomic E-state index is 0.00808. The first-order chi connectivity index (χ1) is 14.4. The second kappa shape index (κ2) is 10.1. The van der Waals surface area contributed by atoms with Gasteiger partial charge in [-0.25, -0.2) is 8.42 Å². The lowest BCUT2D eigenvalue weighted by Crippen LogP contribution is -2.19. The highest BCUT2D eigenvalue weighted by Crippen LogP contribution is 2.19. The van der Waals surface area contributed by atoms with Crippen molar-refractivity contribution in [2.24, 2.45) is 4.99 Å². The summed E-state index contributed by atoms with van der Waals surface area (Å²) in [7, 11) is -1.63. The monoisotopic (exact) mass is 446 g/mol. The van der Waals surface area contributed by atoms with E-state index >= 15 is 0 Å². The van der Waals surface area contributed by atoms with E-state index < -0.39 is 9.84 Å². The van der Waals surface area contributed by atoms with Crippen LogP contribution in [0.3, 0.4) is 0 Å². The molecule has 0 radical (unpaired) electrons. The maximum absolute atomic E-state index is 12.4. The van der Waals surface area contributed by atoms with Crippen molar-refractivity contribution in [3.8, 4) is 0 Å². The number of aromatic nitrogens is 1. The third-order valence-corrected chi connectivity index (χ3v) is 7.38. The molecule has 1 aromatic heterocycles. The van der Waals surface area contributed by atoms with Crippen LogP contribution >= 0.6 is 11.3 Å². The molecule has 0 aliphatic heterocycles. The fraction of sp³-hybridized carbons (Fsp3) is 0.364. The maximum Gasteiger partial charge on any atom is 0.248 e. The zero-order valence-electron chi connectivity index (χ0n) is 17.2. The predicted molar refractivity (Wildman–Crippen MR) is 120 cm³/mol. The van der Waals surface area contributed by atoms with Crippen molar-refractivity contribution >= 4 is 37.3 Å². The third kappa shape index (κ3) is 6.10. The lowest BCUT2D eigenvalue weighted by atomic mass is 10.2. The molecule has 0 N–H and O–H groups in total. The molecule has 3 aromatic rings. The highest BCUT2D eigenvalue weighted by molar-refractivity contribution is 7.90. The molecule has 0 fully saturated rings. The van der Waals surface area contributed by atoms with Gasteiger partial charge in [-0.05, 0) is 36.6 Å². The summed E-state index contributed by atoms with van der Waals surface area (Å²) in [5.41, 5.74) is 2.91. The van der Waals surface area contributed by atoms with Crippen molar-refractivity contribution in [1.82, 2.24) is 4.57 Å². The number of ether oxygens (including phenoxy) is 1. The summed E-state index contributed by atoms with van der Waals surface area (Å²) in [5.74, 6) is -0.344. The van der Waals surface area contributed by atoms with Gasteiger partial charge >= 0.3 is 0 Å². The summed E-state index contributed by atoms with van der Waals surface area (Å²) < 4.78 is 32.8. The van der Waals surface area contributed by atoms with E-state index in [0.29, 0.717) is 18.0 Å². The van der Waals surface area contributed by atoms with Crippen molar-refractivity contribution < 1.29 is 17.9 Å². The van der Waals surface area contributed by atoms with Crippen LogP contribution in [-0.4, -0.2) is 38.4 Å². The lowest BCUT2D eigenvalue weighted by molar-refractivity contribution is -0.118. The van der Waals surface area contributed by atoms with Crippen LogP contribution in [0.4, 0.5) is 0 Å². The van der Waals surface area contributed by atoms with Crippen molar-refractivity contribution in [2.45, 2.75) is 32.1 Å². The summed E-state index contributed by atoms with van der Waals surface area (Å²) in [6.07, 6.45) is 0.366. The number of nitrogens with zero attached hydrogens (tertiary/aromatic N) is 2. The molecular weight excluding hydrogens is 420 g/mol. The molecule has 0 atom stereocenters. The fourth-order valence-electron chi connectivity index (χ4n) is 3.17. The second-order valence-corrected chi connectivity index (χ2v) is 10.4. The highest BCUT2D eigenvalue weighted by Gasteiger charge is 2.13. The largest absolute Gasteiger partial charge is 0.383 e. The summed E-state index contributed by atoms with van der Waals surface area (Å²) >= 11 is 1.46. The van der Waals surface area contributed by atoms with Gasteiger partial charge in [0.05, 0.1) is 28.3 Å². The standard InChI is InChI=1S/C22H26N2O4S2/c1-17-10-11-19-20(15-17)29-22(24(19)12-13-28-2)23-21(25)9-6-14-30(26,27)16-18-7-4-3-5-8-18/h3-5,7-8,10-11,15H,6,9,12-14,16H2,1-2H3. The first-order valence-corrected chi connectivity index (χ1v) is 12.4. The quantitative estimate of drug-likeness (QED) is 0.504. The van der Waals surface area contributed by atoms with E-state index in [0.717, 1.165) is 21.3 Å². The first kappa shape index (κ1) is 22.4. The molecule has 0 saturated heterocycles. The van der Waals surface area contributed by atoms with Gasteiger partial charge in [0.1, 0.15) is 0 Å². The molecular formula is C22H26N2O4S2. The number of hydrogen-bond donors (Lipinski definition) is 0. The molecule has 0 spiro atoms. The Hall–Kier alpha value is -2.29. The summed E-state index contributed by atoms with van der Waals surface area (Å²) in [6, 6.07) is 15.2. The third-order valence-electron chi connectivity index (χ3n) is 4.65. The Morgan fingerprint density at radius 2 is 1.93 bits per heavy atom. The van der Waals surface area contributed by atoms with Gasteiger partial charge in [0.25, 0.3) is 0 Å². The topological polar surface area (TPSA) is 77.7 Å². The smallest absolute Gasteiger partial charge is 0.248 e. The van der Waals surface area contributed by atoms with Crippen molar-refractivity contribution in [3.63, 3.8) is 0 Å². The van der Waals surface area contributed by atoms with Crippen LogP contribution in [0.1, 0.15) is 24.0 Å². The van der Waals surface area contributed by atoms with E-state index in [-0.39, 0.29) is 30.3 Å². The average Bonchev–Trinajstić information content (AvgIpc) is 3.02. The van der Waals surface area contributed by atoms with E-state index in [2.05, 4.69) is 11.1 Å². The van der Waals surface area contributed by atoms with Crippen molar-refractivity contribution in [2.75, 3.05) is 19.5 Å². The summed E-state index contributed by atoms with van der Waals surface area (Å²) in [5, 5.41) is 0. The van der Waals surface area contributed by atoms with Gasteiger partial charge in [0, 0.05) is 20.1 Å². The van der Waals surface area contributed by atoms with Crippen LogP contribution in [0.25, 0.3) is 10.2 Å². The number of sulfone groups is 1. The highest BCUT2D eigenvalue weighted by atomic mass is 32.2. The van der Waals surface area contributed by atoms with Gasteiger partial charge < -0.3 is 9.30 Å². The molecule has 3 rings (SSSR count). The van der Waals surface area contributed by atoms with E-state index in [1.165, 1.54) is 11.3 Å². The minimum atomic E-state index is -3.26. The number of rotatable bonds is 9. The number of aryl methyl sites for hydroxylation is 1. The van der Waals surface area contributed by atoms with Crippen molar-refractivity contribution in [3.05, 3.63) is 64.5 Å². The average molecular weight is 447 g/mol. The minimum Gasteiger partial charge on any atom is -0.383 e. The number of amides is 1. The number of carbonyl (C=O) groups excluding carboxylic acids is 1. The van der Waals surface area contributed by atoms with Crippen LogP contribution in [0.15, 0.2) is 53.5 Å². The van der Waals surface area contributed by atoms with E-state index in [1.54, 1.807) is 19.2 Å². The molecule has 1 heterocycles. The van der Waals surface area contributed by atoms with E-state index in [1.807, 2.05) is 41.8 Å². The Kier molecular flexibility index (Phi) is 7.58. The van der Waals surface area contributed by atoms with Crippen molar-refractivity contribution in [1.29, 1.82) is 0 Å². The van der Waals surface area contributed by atoms with E-state index in [4.69, 9.17) is 4.74 Å². The molecule has 30 heavy (non-hydrogen) atoms. The summed E-state index contributed by atoms with van der Waals surface area (Å²) in [4.78, 5) is 17.3. The normalized spacial score (nSPS) is 12.5. The fourth-order valence-corrected chi connectivity index (χ4v) is 5.77. The van der Waals surface area contributed by atoms with Gasteiger partial charge in [-0.1, -0.05) is 47.7 Å². The molecule has 160 valence electrons. The molecule has 1 amide bonds. The van der Waals surface area contributed by atoms with Crippen LogP contribution in [0.5, 0.6) is 0 Å². The van der Waals surface area contributed by atoms with Crippen LogP contribution in [0.2, 0.25) is 0 Å². The zero-order chi connectivity index (χ0) is 21.6.